The van der Waals surface area contributed by atoms with E-state index in [-0.39, 0.29) is 29.6 Å². The second kappa shape index (κ2) is 8.24. The highest BCUT2D eigenvalue weighted by Gasteiger charge is 2.68. The van der Waals surface area contributed by atoms with E-state index >= 15 is 0 Å². The molecule has 4 aliphatic rings. The van der Waals surface area contributed by atoms with Gasteiger partial charge in [0.05, 0.1) is 17.0 Å². The zero-order chi connectivity index (χ0) is 27.1. The molecule has 5 heteroatoms. The Bertz CT molecular complexity index is 1680. The van der Waals surface area contributed by atoms with Gasteiger partial charge in [-0.2, -0.15) is 0 Å². The SMILES string of the molecule is Cc1cccc(NC(=O)c2cccc(N3C(=O)[C@@H]4C5c6ccccc6C(c6ccccc65)[C@@]4(C)C3=O)c2)c1C. The van der Waals surface area contributed by atoms with Crippen LogP contribution in [0.2, 0.25) is 0 Å². The molecule has 2 atom stereocenters. The van der Waals surface area contributed by atoms with E-state index in [1.165, 1.54) is 4.90 Å². The van der Waals surface area contributed by atoms with Gasteiger partial charge in [0.1, 0.15) is 0 Å². The third-order valence-electron chi connectivity index (χ3n) is 9.23. The first-order valence-corrected chi connectivity index (χ1v) is 13.4. The van der Waals surface area contributed by atoms with Gasteiger partial charge in [0.25, 0.3) is 5.91 Å². The number of benzene rings is 4. The first-order chi connectivity index (χ1) is 18.8. The number of rotatable bonds is 3. The number of imide groups is 1. The lowest BCUT2D eigenvalue weighted by Gasteiger charge is -2.51. The minimum absolute atomic E-state index is 0.190. The molecule has 192 valence electrons. The van der Waals surface area contributed by atoms with Crippen molar-refractivity contribution in [2.24, 2.45) is 11.3 Å². The molecule has 0 unspecified atom stereocenters. The molecule has 5 nitrogen and oxygen atoms in total. The van der Waals surface area contributed by atoms with E-state index in [9.17, 15) is 14.4 Å². The molecule has 4 aromatic carbocycles. The molecule has 1 aliphatic heterocycles. The summed E-state index contributed by atoms with van der Waals surface area (Å²) in [5, 5.41) is 2.99. The Kier molecular flexibility index (Phi) is 4.99. The molecule has 0 radical (unpaired) electrons. The number of nitrogens with zero attached hydrogens (tertiary/aromatic N) is 1. The summed E-state index contributed by atoms with van der Waals surface area (Å²) in [5.74, 6) is -1.60. The second-order valence-electron chi connectivity index (χ2n) is 11.2. The van der Waals surface area contributed by atoms with Crippen LogP contribution < -0.4 is 10.2 Å². The molecule has 0 saturated carbocycles. The monoisotopic (exact) mass is 512 g/mol. The predicted molar refractivity (Wildman–Crippen MR) is 151 cm³/mol. The average molecular weight is 513 g/mol. The van der Waals surface area contributed by atoms with Gasteiger partial charge in [-0.25, -0.2) is 4.90 Å². The molecule has 3 aliphatic carbocycles. The number of anilines is 2. The maximum atomic E-state index is 14.3. The van der Waals surface area contributed by atoms with Crippen molar-refractivity contribution in [3.8, 4) is 0 Å². The number of carbonyl (C=O) groups excluding carboxylic acids is 3. The summed E-state index contributed by atoms with van der Waals surface area (Å²) in [6.07, 6.45) is 0. The van der Waals surface area contributed by atoms with E-state index in [2.05, 4.69) is 29.6 Å². The van der Waals surface area contributed by atoms with Crippen molar-refractivity contribution in [2.45, 2.75) is 32.6 Å². The second-order valence-corrected chi connectivity index (χ2v) is 11.2. The van der Waals surface area contributed by atoms with Crippen molar-refractivity contribution >= 4 is 29.1 Å². The molecular weight excluding hydrogens is 484 g/mol. The predicted octanol–water partition coefficient (Wildman–Crippen LogP) is 6.34. The van der Waals surface area contributed by atoms with E-state index in [1.54, 1.807) is 24.3 Å². The molecule has 0 spiro atoms. The van der Waals surface area contributed by atoms with Crippen LogP contribution >= 0.6 is 0 Å². The van der Waals surface area contributed by atoms with Crippen LogP contribution in [0.1, 0.15) is 62.5 Å². The van der Waals surface area contributed by atoms with Gasteiger partial charge < -0.3 is 5.32 Å². The molecule has 39 heavy (non-hydrogen) atoms. The molecule has 2 bridgehead atoms. The van der Waals surface area contributed by atoms with Crippen molar-refractivity contribution in [1.29, 1.82) is 0 Å². The normalized spacial score (nSPS) is 24.3. The molecule has 1 heterocycles. The Morgan fingerprint density at radius 3 is 2.08 bits per heavy atom. The van der Waals surface area contributed by atoms with E-state index in [1.807, 2.05) is 63.2 Å². The molecule has 8 rings (SSSR count). The fourth-order valence-electron chi connectivity index (χ4n) is 7.23. The van der Waals surface area contributed by atoms with E-state index in [4.69, 9.17) is 0 Å². The number of hydrogen-bond acceptors (Lipinski definition) is 3. The lowest BCUT2D eigenvalue weighted by atomic mass is 9.48. The minimum Gasteiger partial charge on any atom is -0.322 e. The standard InChI is InChI=1S/C34H28N2O3/c1-19-10-8-17-27(20(19)2)35-31(37)21-11-9-12-22(18-21)36-32(38)30-28-23-13-4-6-15-25(23)29(34(30,3)33(36)39)26-16-7-5-14-24(26)28/h4-18,28-30H,1-3H3,(H,35,37)/t28?,29?,30-,34+/m0/s1. The fourth-order valence-corrected chi connectivity index (χ4v) is 7.23. The quantitative estimate of drug-likeness (QED) is 0.326. The molecule has 3 amide bonds. The van der Waals surface area contributed by atoms with Gasteiger partial charge in [0.15, 0.2) is 0 Å². The fraction of sp³-hybridized carbons (Fsp3) is 0.206. The number of carbonyl (C=O) groups is 3. The molecule has 1 N–H and O–H groups in total. The zero-order valence-corrected chi connectivity index (χ0v) is 22.1. The highest BCUT2D eigenvalue weighted by Crippen LogP contribution is 2.67. The van der Waals surface area contributed by atoms with Crippen LogP contribution in [0.25, 0.3) is 0 Å². The van der Waals surface area contributed by atoms with Crippen LogP contribution in [0, 0.1) is 25.2 Å². The van der Waals surface area contributed by atoms with Crippen molar-refractivity contribution in [3.63, 3.8) is 0 Å². The van der Waals surface area contributed by atoms with Crippen LogP contribution in [0.5, 0.6) is 0 Å². The summed E-state index contributed by atoms with van der Waals surface area (Å²) in [5.41, 5.74) is 7.26. The first kappa shape index (κ1) is 23.6. The molecular formula is C34H28N2O3. The number of amides is 3. The van der Waals surface area contributed by atoms with Crippen LogP contribution in [0.4, 0.5) is 11.4 Å². The van der Waals surface area contributed by atoms with E-state index in [0.29, 0.717) is 11.3 Å². The van der Waals surface area contributed by atoms with Gasteiger partial charge in [-0.15, -0.1) is 0 Å². The van der Waals surface area contributed by atoms with Crippen LogP contribution in [-0.4, -0.2) is 17.7 Å². The van der Waals surface area contributed by atoms with Crippen LogP contribution in [0.15, 0.2) is 91.0 Å². The summed E-state index contributed by atoms with van der Waals surface area (Å²) >= 11 is 0. The summed E-state index contributed by atoms with van der Waals surface area (Å²) < 4.78 is 0. The van der Waals surface area contributed by atoms with Gasteiger partial charge in [-0.1, -0.05) is 66.7 Å². The van der Waals surface area contributed by atoms with Crippen LogP contribution in [-0.2, 0) is 9.59 Å². The Morgan fingerprint density at radius 2 is 1.41 bits per heavy atom. The zero-order valence-electron chi connectivity index (χ0n) is 22.1. The topological polar surface area (TPSA) is 66.5 Å². The van der Waals surface area contributed by atoms with Gasteiger partial charge in [0, 0.05) is 23.1 Å². The minimum atomic E-state index is -0.915. The van der Waals surface area contributed by atoms with E-state index in [0.717, 1.165) is 39.1 Å². The highest BCUT2D eigenvalue weighted by atomic mass is 16.2. The van der Waals surface area contributed by atoms with Crippen molar-refractivity contribution in [3.05, 3.63) is 130 Å². The maximum absolute atomic E-state index is 14.3. The first-order valence-electron chi connectivity index (χ1n) is 13.4. The maximum Gasteiger partial charge on any atom is 0.255 e. The summed E-state index contributed by atoms with van der Waals surface area (Å²) in [6.45, 7) is 5.92. The smallest absolute Gasteiger partial charge is 0.255 e. The largest absolute Gasteiger partial charge is 0.322 e. The number of nitrogens with one attached hydrogen (secondary N) is 1. The third kappa shape index (κ3) is 3.10. The highest BCUT2D eigenvalue weighted by molar-refractivity contribution is 6.25. The molecule has 1 fully saturated rings. The molecule has 1 saturated heterocycles. The average Bonchev–Trinajstić information content (AvgIpc) is 3.16. The van der Waals surface area contributed by atoms with Gasteiger partial charge in [0.2, 0.25) is 11.8 Å². The lowest BCUT2D eigenvalue weighted by molar-refractivity contribution is -0.128. The summed E-state index contributed by atoms with van der Waals surface area (Å²) in [4.78, 5) is 43.1. The molecule has 4 aromatic rings. The van der Waals surface area contributed by atoms with Gasteiger partial charge >= 0.3 is 0 Å². The summed E-state index contributed by atoms with van der Waals surface area (Å²) in [7, 11) is 0. The number of hydrogen-bond donors (Lipinski definition) is 1. The van der Waals surface area contributed by atoms with Crippen molar-refractivity contribution < 1.29 is 14.4 Å². The summed E-state index contributed by atoms with van der Waals surface area (Å²) in [6, 6.07) is 29.1. The Hall–Kier alpha value is -4.51. The Balaban J connectivity index is 1.29. The van der Waals surface area contributed by atoms with E-state index < -0.39 is 11.3 Å². The molecule has 0 aromatic heterocycles. The van der Waals surface area contributed by atoms with Crippen molar-refractivity contribution in [1.82, 2.24) is 0 Å². The lowest BCUT2D eigenvalue weighted by Crippen LogP contribution is -2.49. The third-order valence-corrected chi connectivity index (χ3v) is 9.23. The van der Waals surface area contributed by atoms with Crippen molar-refractivity contribution in [2.75, 3.05) is 10.2 Å². The van der Waals surface area contributed by atoms with Gasteiger partial charge in [-0.3, -0.25) is 14.4 Å². The Morgan fingerprint density at radius 1 is 0.795 bits per heavy atom. The Labute approximate surface area is 227 Å². The van der Waals surface area contributed by atoms with Gasteiger partial charge in [-0.05, 0) is 78.4 Å². The van der Waals surface area contributed by atoms with Crippen LogP contribution in [0.3, 0.4) is 0 Å². The number of aryl methyl sites for hydroxylation is 1.